The van der Waals surface area contributed by atoms with E-state index in [2.05, 4.69) is 5.32 Å². The summed E-state index contributed by atoms with van der Waals surface area (Å²) in [6.07, 6.45) is -4.27. The minimum Gasteiger partial charge on any atom is -0.302 e. The Morgan fingerprint density at radius 3 is 2.67 bits per heavy atom. The Labute approximate surface area is 89.1 Å². The molecule has 0 radical (unpaired) electrons. The Balaban J connectivity index is 2.37. The van der Waals surface area contributed by atoms with Gasteiger partial charge in [0.05, 0.1) is 13.1 Å². The summed E-state index contributed by atoms with van der Waals surface area (Å²) >= 11 is 1.40. The zero-order valence-corrected chi connectivity index (χ0v) is 8.84. The Hall–Kier alpha value is -0.880. The first-order valence-corrected chi connectivity index (χ1v) is 5.12. The van der Waals surface area contributed by atoms with Crippen molar-refractivity contribution in [1.29, 1.82) is 0 Å². The van der Waals surface area contributed by atoms with E-state index in [0.717, 1.165) is 4.88 Å². The quantitative estimate of drug-likeness (QED) is 0.815. The topological polar surface area (TPSA) is 29.1 Å². The molecule has 84 valence electrons. The van der Waals surface area contributed by atoms with Crippen LogP contribution in [0.4, 0.5) is 13.2 Å². The summed E-state index contributed by atoms with van der Waals surface area (Å²) in [5.41, 5.74) is 0.465. The van der Waals surface area contributed by atoms with Gasteiger partial charge in [0.2, 0.25) is 0 Å². The van der Waals surface area contributed by atoms with E-state index in [1.54, 1.807) is 11.4 Å². The molecule has 0 amide bonds. The van der Waals surface area contributed by atoms with Gasteiger partial charge in [0.1, 0.15) is 0 Å². The van der Waals surface area contributed by atoms with Crippen LogP contribution in [0.1, 0.15) is 15.2 Å². The molecule has 1 heterocycles. The van der Waals surface area contributed by atoms with Crippen LogP contribution < -0.4 is 5.32 Å². The SMILES string of the molecule is Cc1cc(C(=O)CNCC(F)(F)F)cs1. The molecule has 0 unspecified atom stereocenters. The summed E-state index contributed by atoms with van der Waals surface area (Å²) in [6, 6.07) is 1.67. The Bertz CT molecular complexity index is 345. The number of carbonyl (C=O) groups is 1. The molecular weight excluding hydrogens is 227 g/mol. The lowest BCUT2D eigenvalue weighted by Gasteiger charge is -2.06. The number of nitrogens with one attached hydrogen (secondary N) is 1. The predicted molar refractivity (Wildman–Crippen MR) is 52.3 cm³/mol. The summed E-state index contributed by atoms with van der Waals surface area (Å²) in [6.45, 7) is 0.419. The molecule has 1 N–H and O–H groups in total. The smallest absolute Gasteiger partial charge is 0.302 e. The molecule has 0 spiro atoms. The first-order valence-electron chi connectivity index (χ1n) is 4.24. The average molecular weight is 237 g/mol. The number of rotatable bonds is 4. The molecule has 1 rings (SSSR count). The fourth-order valence-corrected chi connectivity index (χ4v) is 1.72. The van der Waals surface area contributed by atoms with E-state index in [4.69, 9.17) is 0 Å². The number of alkyl halides is 3. The third kappa shape index (κ3) is 4.44. The standard InChI is InChI=1S/C9H10F3NOS/c1-6-2-7(4-15-6)8(14)3-13-5-9(10,11)12/h2,4,13H,3,5H2,1H3. The lowest BCUT2D eigenvalue weighted by molar-refractivity contribution is -0.124. The van der Waals surface area contributed by atoms with Crippen LogP contribution in [-0.2, 0) is 0 Å². The van der Waals surface area contributed by atoms with Crippen molar-refractivity contribution in [3.05, 3.63) is 21.9 Å². The van der Waals surface area contributed by atoms with Crippen molar-refractivity contribution >= 4 is 17.1 Å². The summed E-state index contributed by atoms with van der Waals surface area (Å²) in [5, 5.41) is 3.71. The van der Waals surface area contributed by atoms with Gasteiger partial charge in [-0.15, -0.1) is 11.3 Å². The molecule has 0 aliphatic heterocycles. The zero-order chi connectivity index (χ0) is 11.5. The van der Waals surface area contributed by atoms with Gasteiger partial charge in [0, 0.05) is 15.8 Å². The van der Waals surface area contributed by atoms with Gasteiger partial charge < -0.3 is 5.32 Å². The highest BCUT2D eigenvalue weighted by molar-refractivity contribution is 7.10. The van der Waals surface area contributed by atoms with Gasteiger partial charge >= 0.3 is 6.18 Å². The Kier molecular flexibility index (Phi) is 3.87. The van der Waals surface area contributed by atoms with E-state index >= 15 is 0 Å². The maximum atomic E-state index is 11.7. The second-order valence-corrected chi connectivity index (χ2v) is 4.20. The maximum absolute atomic E-state index is 11.7. The molecule has 15 heavy (non-hydrogen) atoms. The first-order chi connectivity index (χ1) is 6.88. The van der Waals surface area contributed by atoms with Crippen LogP contribution in [0, 0.1) is 6.92 Å². The molecule has 6 heteroatoms. The molecular formula is C9H10F3NOS. The van der Waals surface area contributed by atoms with Crippen LogP contribution in [0.5, 0.6) is 0 Å². The fraction of sp³-hybridized carbons (Fsp3) is 0.444. The zero-order valence-electron chi connectivity index (χ0n) is 8.02. The number of hydrogen-bond donors (Lipinski definition) is 1. The van der Waals surface area contributed by atoms with Gasteiger partial charge in [-0.2, -0.15) is 13.2 Å². The third-order valence-corrected chi connectivity index (χ3v) is 2.52. The number of halogens is 3. The van der Waals surface area contributed by atoms with Gasteiger partial charge in [0.25, 0.3) is 0 Å². The summed E-state index contributed by atoms with van der Waals surface area (Å²) < 4.78 is 35.2. The van der Waals surface area contributed by atoms with Crippen LogP contribution in [0.15, 0.2) is 11.4 Å². The monoisotopic (exact) mass is 237 g/mol. The highest BCUT2D eigenvalue weighted by atomic mass is 32.1. The van der Waals surface area contributed by atoms with Crippen LogP contribution >= 0.6 is 11.3 Å². The van der Waals surface area contributed by atoms with Gasteiger partial charge in [-0.1, -0.05) is 0 Å². The molecule has 0 saturated carbocycles. The van der Waals surface area contributed by atoms with Crippen molar-refractivity contribution in [3.63, 3.8) is 0 Å². The van der Waals surface area contributed by atoms with E-state index in [1.807, 2.05) is 6.92 Å². The second kappa shape index (κ2) is 4.76. The number of aryl methyl sites for hydroxylation is 1. The largest absolute Gasteiger partial charge is 0.401 e. The summed E-state index contributed by atoms with van der Waals surface area (Å²) in [5.74, 6) is -0.316. The lowest BCUT2D eigenvalue weighted by atomic mass is 10.2. The van der Waals surface area contributed by atoms with Crippen LogP contribution in [0.25, 0.3) is 0 Å². The molecule has 0 fully saturated rings. The Morgan fingerprint density at radius 2 is 2.20 bits per heavy atom. The molecule has 1 aromatic heterocycles. The van der Waals surface area contributed by atoms with Crippen molar-refractivity contribution in [2.24, 2.45) is 0 Å². The van der Waals surface area contributed by atoms with Crippen molar-refractivity contribution in [2.45, 2.75) is 13.1 Å². The number of hydrogen-bond acceptors (Lipinski definition) is 3. The van der Waals surface area contributed by atoms with Gasteiger partial charge in [-0.25, -0.2) is 0 Å². The van der Waals surface area contributed by atoms with Crippen molar-refractivity contribution in [2.75, 3.05) is 13.1 Å². The number of thiophene rings is 1. The Morgan fingerprint density at radius 1 is 1.53 bits per heavy atom. The molecule has 1 aromatic rings. The second-order valence-electron chi connectivity index (χ2n) is 3.09. The van der Waals surface area contributed by atoms with Crippen molar-refractivity contribution < 1.29 is 18.0 Å². The van der Waals surface area contributed by atoms with E-state index in [-0.39, 0.29) is 12.3 Å². The summed E-state index contributed by atoms with van der Waals surface area (Å²) in [4.78, 5) is 12.3. The van der Waals surface area contributed by atoms with Gasteiger partial charge in [-0.05, 0) is 13.0 Å². The van der Waals surface area contributed by atoms with Crippen LogP contribution in [-0.4, -0.2) is 25.0 Å². The molecule has 0 aromatic carbocycles. The lowest BCUT2D eigenvalue weighted by Crippen LogP contribution is -2.32. The van der Waals surface area contributed by atoms with E-state index < -0.39 is 12.7 Å². The van der Waals surface area contributed by atoms with E-state index in [9.17, 15) is 18.0 Å². The van der Waals surface area contributed by atoms with E-state index in [0.29, 0.717) is 5.56 Å². The van der Waals surface area contributed by atoms with E-state index in [1.165, 1.54) is 11.3 Å². The minimum atomic E-state index is -4.27. The number of Topliss-reactive ketones (excluding diaryl/α,β-unsaturated/α-hetero) is 1. The third-order valence-electron chi connectivity index (χ3n) is 1.66. The molecule has 0 aliphatic rings. The maximum Gasteiger partial charge on any atom is 0.401 e. The number of ketones is 1. The molecule has 0 aliphatic carbocycles. The first kappa shape index (κ1) is 12.2. The normalized spacial score (nSPS) is 11.7. The highest BCUT2D eigenvalue weighted by Crippen LogP contribution is 2.14. The van der Waals surface area contributed by atoms with Gasteiger partial charge in [-0.3, -0.25) is 4.79 Å². The number of carbonyl (C=O) groups excluding carboxylic acids is 1. The molecule has 0 atom stereocenters. The fourth-order valence-electron chi connectivity index (χ4n) is 1.01. The van der Waals surface area contributed by atoms with Gasteiger partial charge in [0.15, 0.2) is 5.78 Å². The molecule has 0 bridgehead atoms. The average Bonchev–Trinajstić information content (AvgIpc) is 2.49. The highest BCUT2D eigenvalue weighted by Gasteiger charge is 2.26. The van der Waals surface area contributed by atoms with Crippen LogP contribution in [0.2, 0.25) is 0 Å². The summed E-state index contributed by atoms with van der Waals surface area (Å²) in [7, 11) is 0. The predicted octanol–water partition coefficient (Wildman–Crippen LogP) is 2.39. The van der Waals surface area contributed by atoms with Crippen LogP contribution in [0.3, 0.4) is 0 Å². The van der Waals surface area contributed by atoms with Crippen molar-refractivity contribution in [1.82, 2.24) is 5.32 Å². The van der Waals surface area contributed by atoms with Crippen molar-refractivity contribution in [3.8, 4) is 0 Å². The molecule has 0 saturated heterocycles. The minimum absolute atomic E-state index is 0.282. The molecule has 2 nitrogen and oxygen atoms in total.